The molecule has 1 aromatic heterocycles. The summed E-state index contributed by atoms with van der Waals surface area (Å²) in [4.78, 5) is 4.41. The van der Waals surface area contributed by atoms with Crippen molar-refractivity contribution in [3.63, 3.8) is 0 Å². The Morgan fingerprint density at radius 1 is 1.00 bits per heavy atom. The van der Waals surface area contributed by atoms with Gasteiger partial charge in [0, 0.05) is 23.6 Å². The number of benzene rings is 2. The largest absolute Gasteiger partial charge is 0.491 e. The van der Waals surface area contributed by atoms with Crippen molar-refractivity contribution >= 4 is 22.2 Å². The van der Waals surface area contributed by atoms with Crippen LogP contribution in [0.15, 0.2) is 41.8 Å². The average molecular weight is 406 g/mol. The minimum absolute atomic E-state index is 0.236. The molecular formula is C21H21F3N2OS. The van der Waals surface area contributed by atoms with Crippen molar-refractivity contribution in [1.29, 1.82) is 0 Å². The van der Waals surface area contributed by atoms with Gasteiger partial charge in [0.25, 0.3) is 0 Å². The number of rotatable bonds is 9. The van der Waals surface area contributed by atoms with Crippen LogP contribution in [0.2, 0.25) is 0 Å². The molecule has 148 valence electrons. The first-order valence-corrected chi connectivity index (χ1v) is 10.0. The molecule has 0 radical (unpaired) electrons. The topological polar surface area (TPSA) is 34.1 Å². The van der Waals surface area contributed by atoms with Crippen LogP contribution < -0.4 is 10.1 Å². The molecule has 3 rings (SSSR count). The molecule has 0 saturated carbocycles. The predicted molar refractivity (Wildman–Crippen MR) is 106 cm³/mol. The van der Waals surface area contributed by atoms with Crippen molar-refractivity contribution in [3.8, 4) is 5.75 Å². The van der Waals surface area contributed by atoms with Crippen molar-refractivity contribution in [2.24, 2.45) is 0 Å². The highest BCUT2D eigenvalue weighted by Crippen LogP contribution is 2.26. The molecule has 2 aromatic carbocycles. The SMILES string of the molecule is CCCCCOc1ccc(Nc2nc(Cc3ccc(F)c(F)c3)cs2)cc1F. The number of thiazole rings is 1. The van der Waals surface area contributed by atoms with Gasteiger partial charge in [-0.15, -0.1) is 11.3 Å². The molecular weight excluding hydrogens is 385 g/mol. The Kier molecular flexibility index (Phi) is 6.92. The van der Waals surface area contributed by atoms with E-state index in [-0.39, 0.29) is 5.75 Å². The van der Waals surface area contributed by atoms with Crippen molar-refractivity contribution in [2.75, 3.05) is 11.9 Å². The first-order valence-electron chi connectivity index (χ1n) is 9.13. The van der Waals surface area contributed by atoms with Crippen molar-refractivity contribution in [1.82, 2.24) is 4.98 Å². The van der Waals surface area contributed by atoms with Gasteiger partial charge in [0.2, 0.25) is 0 Å². The van der Waals surface area contributed by atoms with E-state index in [2.05, 4.69) is 17.2 Å². The van der Waals surface area contributed by atoms with Crippen LogP contribution in [0, 0.1) is 17.5 Å². The van der Waals surface area contributed by atoms with Crippen LogP contribution in [0.1, 0.15) is 37.4 Å². The van der Waals surface area contributed by atoms with Gasteiger partial charge in [0.15, 0.2) is 28.3 Å². The Hall–Kier alpha value is -2.54. The molecule has 0 aliphatic carbocycles. The lowest BCUT2D eigenvalue weighted by Crippen LogP contribution is -2.00. The number of aromatic nitrogens is 1. The molecule has 0 fully saturated rings. The quantitative estimate of drug-likeness (QED) is 0.414. The summed E-state index contributed by atoms with van der Waals surface area (Å²) in [6.45, 7) is 2.60. The number of ether oxygens (including phenoxy) is 1. The summed E-state index contributed by atoms with van der Waals surface area (Å²) in [5, 5.41) is 5.47. The third-order valence-electron chi connectivity index (χ3n) is 4.11. The van der Waals surface area contributed by atoms with Crippen molar-refractivity contribution < 1.29 is 17.9 Å². The second-order valence-corrected chi connectivity index (χ2v) is 7.25. The van der Waals surface area contributed by atoms with E-state index >= 15 is 0 Å². The normalized spacial score (nSPS) is 10.9. The number of hydrogen-bond donors (Lipinski definition) is 1. The molecule has 0 saturated heterocycles. The number of unbranched alkanes of at least 4 members (excludes halogenated alkanes) is 2. The summed E-state index contributed by atoms with van der Waals surface area (Å²) in [6.07, 6.45) is 3.42. The molecule has 3 nitrogen and oxygen atoms in total. The van der Waals surface area contributed by atoms with E-state index in [1.165, 1.54) is 23.5 Å². The van der Waals surface area contributed by atoms with E-state index in [0.29, 0.717) is 29.4 Å². The zero-order valence-corrected chi connectivity index (χ0v) is 16.3. The molecule has 3 aromatic rings. The number of hydrogen-bond acceptors (Lipinski definition) is 4. The lowest BCUT2D eigenvalue weighted by atomic mass is 10.1. The molecule has 0 aliphatic rings. The fraction of sp³-hybridized carbons (Fsp3) is 0.286. The number of nitrogens with zero attached hydrogens (tertiary/aromatic N) is 1. The number of halogens is 3. The first kappa shape index (κ1) is 20.2. The van der Waals surface area contributed by atoms with Gasteiger partial charge in [-0.1, -0.05) is 25.8 Å². The zero-order valence-electron chi connectivity index (χ0n) is 15.5. The summed E-state index contributed by atoms with van der Waals surface area (Å²) in [6, 6.07) is 8.49. The van der Waals surface area contributed by atoms with Crippen LogP contribution in [-0.2, 0) is 6.42 Å². The lowest BCUT2D eigenvalue weighted by molar-refractivity contribution is 0.291. The first-order chi connectivity index (χ1) is 13.5. The van der Waals surface area contributed by atoms with Crippen LogP contribution >= 0.6 is 11.3 Å². The third-order valence-corrected chi connectivity index (χ3v) is 4.92. The minimum atomic E-state index is -0.876. The van der Waals surface area contributed by atoms with E-state index in [4.69, 9.17) is 4.74 Å². The van der Waals surface area contributed by atoms with Gasteiger partial charge >= 0.3 is 0 Å². The minimum Gasteiger partial charge on any atom is -0.491 e. The predicted octanol–water partition coefficient (Wildman–Crippen LogP) is 6.46. The average Bonchev–Trinajstić information content (AvgIpc) is 3.10. The van der Waals surface area contributed by atoms with E-state index < -0.39 is 17.5 Å². The standard InChI is InChI=1S/C21H21F3N2OS/c1-2-3-4-9-27-20-8-6-15(12-19(20)24)25-21-26-16(13-28-21)10-14-5-7-17(22)18(23)11-14/h5-8,11-13H,2-4,9-10H2,1H3,(H,25,26). The molecule has 0 amide bonds. The van der Waals surface area contributed by atoms with E-state index in [1.807, 2.05) is 5.38 Å². The molecule has 28 heavy (non-hydrogen) atoms. The van der Waals surface area contributed by atoms with Crippen LogP contribution in [0.5, 0.6) is 5.75 Å². The van der Waals surface area contributed by atoms with Crippen LogP contribution in [-0.4, -0.2) is 11.6 Å². The fourth-order valence-electron chi connectivity index (χ4n) is 2.66. The fourth-order valence-corrected chi connectivity index (χ4v) is 3.39. The smallest absolute Gasteiger partial charge is 0.187 e. The van der Waals surface area contributed by atoms with Gasteiger partial charge in [-0.3, -0.25) is 0 Å². The highest BCUT2D eigenvalue weighted by atomic mass is 32.1. The van der Waals surface area contributed by atoms with Crippen molar-refractivity contribution in [3.05, 3.63) is 70.5 Å². The van der Waals surface area contributed by atoms with E-state index in [9.17, 15) is 13.2 Å². The van der Waals surface area contributed by atoms with Crippen LogP contribution in [0.3, 0.4) is 0 Å². The summed E-state index contributed by atoms with van der Waals surface area (Å²) in [7, 11) is 0. The summed E-state index contributed by atoms with van der Waals surface area (Å²) < 4.78 is 46.0. The molecule has 0 aliphatic heterocycles. The van der Waals surface area contributed by atoms with E-state index in [1.54, 1.807) is 12.1 Å². The van der Waals surface area contributed by atoms with Gasteiger partial charge in [-0.2, -0.15) is 0 Å². The monoisotopic (exact) mass is 406 g/mol. The Labute approximate surface area is 166 Å². The maximum atomic E-state index is 14.2. The Balaban J connectivity index is 1.59. The molecule has 1 N–H and O–H groups in total. The van der Waals surface area contributed by atoms with Gasteiger partial charge in [-0.05, 0) is 36.2 Å². The summed E-state index contributed by atoms with van der Waals surface area (Å²) >= 11 is 1.36. The van der Waals surface area contributed by atoms with Crippen LogP contribution in [0.4, 0.5) is 24.0 Å². The third kappa shape index (κ3) is 5.48. The zero-order chi connectivity index (χ0) is 19.9. The lowest BCUT2D eigenvalue weighted by Gasteiger charge is -2.09. The summed E-state index contributed by atoms with van der Waals surface area (Å²) in [5.74, 6) is -1.94. The maximum absolute atomic E-state index is 14.2. The van der Waals surface area contributed by atoms with Gasteiger partial charge in [-0.25, -0.2) is 18.2 Å². The molecule has 0 spiro atoms. The molecule has 0 unspecified atom stereocenters. The second kappa shape index (κ2) is 9.59. The molecule has 1 heterocycles. The molecule has 0 atom stereocenters. The molecule has 7 heteroatoms. The Bertz CT molecular complexity index is 930. The van der Waals surface area contributed by atoms with E-state index in [0.717, 1.165) is 37.1 Å². The van der Waals surface area contributed by atoms with Gasteiger partial charge < -0.3 is 10.1 Å². The number of anilines is 2. The van der Waals surface area contributed by atoms with Crippen molar-refractivity contribution in [2.45, 2.75) is 32.6 Å². The molecule has 0 bridgehead atoms. The highest BCUT2D eigenvalue weighted by Gasteiger charge is 2.09. The second-order valence-electron chi connectivity index (χ2n) is 6.40. The van der Waals surface area contributed by atoms with Crippen LogP contribution in [0.25, 0.3) is 0 Å². The highest BCUT2D eigenvalue weighted by molar-refractivity contribution is 7.13. The Morgan fingerprint density at radius 2 is 1.86 bits per heavy atom. The summed E-state index contributed by atoms with van der Waals surface area (Å²) in [5.41, 5.74) is 1.91. The Morgan fingerprint density at radius 3 is 2.61 bits per heavy atom. The van der Waals surface area contributed by atoms with Gasteiger partial charge in [0.1, 0.15) is 0 Å². The van der Waals surface area contributed by atoms with Gasteiger partial charge in [0.05, 0.1) is 12.3 Å². The number of nitrogens with one attached hydrogen (secondary N) is 1. The maximum Gasteiger partial charge on any atom is 0.187 e.